The molecule has 0 bridgehead atoms. The Morgan fingerprint density at radius 3 is 2.64 bits per heavy atom. The molecular weight excluding hydrogens is 460 g/mol. The second kappa shape index (κ2) is 7.93. The van der Waals surface area contributed by atoms with Gasteiger partial charge < -0.3 is 14.4 Å². The molecule has 8 heteroatoms. The zero-order valence-electron chi connectivity index (χ0n) is 15.4. The highest BCUT2D eigenvalue weighted by atomic mass is 79.9. The summed E-state index contributed by atoms with van der Waals surface area (Å²) in [5.41, 5.74) is 1.83. The smallest absolute Gasteiger partial charge is 0.257 e. The summed E-state index contributed by atoms with van der Waals surface area (Å²) >= 11 is 10.9. The number of ether oxygens (including phenoxy) is 2. The number of amides is 1. The van der Waals surface area contributed by atoms with Gasteiger partial charge in [-0.05, 0) is 61.1 Å². The van der Waals surface area contributed by atoms with Gasteiger partial charge in [0, 0.05) is 10.2 Å². The summed E-state index contributed by atoms with van der Waals surface area (Å²) in [6.45, 7) is 2.51. The first-order valence-electron chi connectivity index (χ1n) is 8.89. The van der Waals surface area contributed by atoms with Gasteiger partial charge in [-0.2, -0.15) is 0 Å². The summed E-state index contributed by atoms with van der Waals surface area (Å²) in [5, 5.41) is 0.506. The predicted octanol–water partition coefficient (Wildman–Crippen LogP) is 4.60. The molecule has 4 rings (SSSR count). The molecule has 0 saturated carbocycles. The van der Waals surface area contributed by atoms with Crippen molar-refractivity contribution in [2.45, 2.75) is 18.3 Å². The van der Waals surface area contributed by atoms with Gasteiger partial charge in [-0.1, -0.05) is 22.0 Å². The molecule has 5 nitrogen and oxygen atoms in total. The molecule has 2 aliphatic rings. The number of halogens is 1. The maximum Gasteiger partial charge on any atom is 0.257 e. The van der Waals surface area contributed by atoms with Gasteiger partial charge in [-0.3, -0.25) is 9.69 Å². The Hall–Kier alpha value is -1.77. The Balaban J connectivity index is 1.65. The quantitative estimate of drug-likeness (QED) is 0.584. The number of rotatable bonds is 5. The lowest BCUT2D eigenvalue weighted by Gasteiger charge is -2.26. The van der Waals surface area contributed by atoms with Crippen LogP contribution in [0.15, 0.2) is 46.9 Å². The molecule has 146 valence electrons. The van der Waals surface area contributed by atoms with Crippen molar-refractivity contribution < 1.29 is 14.3 Å². The number of carbonyl (C=O) groups is 1. The minimum absolute atomic E-state index is 0.0280. The van der Waals surface area contributed by atoms with Crippen molar-refractivity contribution in [3.05, 3.63) is 52.5 Å². The van der Waals surface area contributed by atoms with Gasteiger partial charge in [0.05, 0.1) is 19.4 Å². The average Bonchev–Trinajstić information content (AvgIpc) is 3.24. The molecule has 2 aromatic carbocycles. The van der Waals surface area contributed by atoms with E-state index in [-0.39, 0.29) is 17.3 Å². The summed E-state index contributed by atoms with van der Waals surface area (Å²) in [4.78, 5) is 16.7. The molecule has 2 fully saturated rings. The lowest BCUT2D eigenvalue weighted by Crippen LogP contribution is -2.33. The maximum absolute atomic E-state index is 13.0. The summed E-state index contributed by atoms with van der Waals surface area (Å²) in [7, 11) is 1.63. The Labute approximate surface area is 182 Å². The van der Waals surface area contributed by atoms with Crippen LogP contribution in [0, 0.1) is 0 Å². The lowest BCUT2D eigenvalue weighted by atomic mass is 10.1. The normalized spacial score (nSPS) is 21.2. The van der Waals surface area contributed by atoms with Crippen molar-refractivity contribution in [2.24, 2.45) is 0 Å². The van der Waals surface area contributed by atoms with Crippen molar-refractivity contribution in [1.29, 1.82) is 0 Å². The van der Waals surface area contributed by atoms with Crippen molar-refractivity contribution >= 4 is 56.6 Å². The van der Waals surface area contributed by atoms with Gasteiger partial charge in [0.15, 0.2) is 16.6 Å². The van der Waals surface area contributed by atoms with Crippen LogP contribution in [0.25, 0.3) is 0 Å². The number of nitrogens with zero attached hydrogens (tertiary/aromatic N) is 2. The fourth-order valence-electron chi connectivity index (χ4n) is 3.49. The summed E-state index contributed by atoms with van der Waals surface area (Å²) in [6, 6.07) is 13.3. The minimum Gasteiger partial charge on any atom is -0.493 e. The number of anilines is 1. The Kier molecular flexibility index (Phi) is 5.53. The minimum atomic E-state index is -0.247. The third kappa shape index (κ3) is 3.27. The van der Waals surface area contributed by atoms with Crippen LogP contribution < -0.4 is 14.4 Å². The molecule has 28 heavy (non-hydrogen) atoms. The zero-order chi connectivity index (χ0) is 19.8. The fraction of sp³-hybridized carbons (Fsp3) is 0.300. The first-order chi connectivity index (χ1) is 13.5. The number of thiocarbonyl (C=S) groups is 1. The highest BCUT2D eigenvalue weighted by molar-refractivity contribution is 9.10. The van der Waals surface area contributed by atoms with E-state index >= 15 is 0 Å². The number of methoxy groups -OCH3 is 1. The monoisotopic (exact) mass is 478 g/mol. The molecule has 0 N–H and O–H groups in total. The van der Waals surface area contributed by atoms with E-state index in [1.807, 2.05) is 54.3 Å². The molecule has 2 heterocycles. The van der Waals surface area contributed by atoms with Gasteiger partial charge in [-0.25, -0.2) is 0 Å². The molecule has 0 aliphatic carbocycles. The second-order valence-electron chi connectivity index (χ2n) is 6.38. The molecule has 2 saturated heterocycles. The zero-order valence-corrected chi connectivity index (χ0v) is 18.6. The van der Waals surface area contributed by atoms with Crippen LogP contribution in [0.1, 0.15) is 17.9 Å². The van der Waals surface area contributed by atoms with E-state index < -0.39 is 0 Å². The molecule has 0 aromatic heterocycles. The van der Waals surface area contributed by atoms with E-state index in [4.69, 9.17) is 21.7 Å². The summed E-state index contributed by atoms with van der Waals surface area (Å²) in [5.74, 6) is 2.13. The van der Waals surface area contributed by atoms with Gasteiger partial charge in [0.2, 0.25) is 0 Å². The van der Waals surface area contributed by atoms with E-state index in [9.17, 15) is 4.79 Å². The van der Waals surface area contributed by atoms with Crippen molar-refractivity contribution in [3.8, 4) is 11.5 Å². The van der Waals surface area contributed by atoms with E-state index in [1.54, 1.807) is 23.8 Å². The Morgan fingerprint density at radius 2 is 1.96 bits per heavy atom. The molecule has 0 radical (unpaired) electrons. The highest BCUT2D eigenvalue weighted by Gasteiger charge is 2.50. The fourth-order valence-corrected chi connectivity index (χ4v) is 5.66. The van der Waals surface area contributed by atoms with E-state index in [2.05, 4.69) is 15.9 Å². The number of benzene rings is 2. The van der Waals surface area contributed by atoms with Gasteiger partial charge in [-0.15, -0.1) is 11.8 Å². The van der Waals surface area contributed by atoms with Crippen LogP contribution in [0.5, 0.6) is 11.5 Å². The third-order valence-electron chi connectivity index (χ3n) is 4.78. The molecule has 2 atom stereocenters. The second-order valence-corrected chi connectivity index (χ2v) is 8.78. The van der Waals surface area contributed by atoms with Crippen LogP contribution in [-0.4, -0.2) is 41.4 Å². The van der Waals surface area contributed by atoms with Crippen molar-refractivity contribution in [3.63, 3.8) is 0 Å². The number of hydrogen-bond acceptors (Lipinski definition) is 5. The predicted molar refractivity (Wildman–Crippen MR) is 119 cm³/mol. The third-order valence-corrected chi connectivity index (χ3v) is 7.02. The number of fused-ring (bicyclic) bond motifs is 1. The van der Waals surface area contributed by atoms with Crippen LogP contribution in [0.4, 0.5) is 5.69 Å². The topological polar surface area (TPSA) is 42.0 Å². The molecular formula is C20H19BrN2O3S2. The van der Waals surface area contributed by atoms with E-state index in [0.717, 1.165) is 15.7 Å². The average molecular weight is 479 g/mol. The van der Waals surface area contributed by atoms with Crippen molar-refractivity contribution in [2.75, 3.05) is 24.4 Å². The summed E-state index contributed by atoms with van der Waals surface area (Å²) in [6.07, 6.45) is 0. The first kappa shape index (κ1) is 19.5. The van der Waals surface area contributed by atoms with E-state index in [1.165, 1.54) is 0 Å². The SMILES string of the molecule is CCOc1ccc([C@@H]2SC[C@H]3C(=O)N(c4ccc(Br)cc4)C(=S)N32)cc1OC. The van der Waals surface area contributed by atoms with Gasteiger partial charge in [0.25, 0.3) is 5.91 Å². The van der Waals surface area contributed by atoms with Gasteiger partial charge >= 0.3 is 0 Å². The first-order valence-corrected chi connectivity index (χ1v) is 11.1. The largest absolute Gasteiger partial charge is 0.493 e. The Morgan fingerprint density at radius 1 is 1.21 bits per heavy atom. The van der Waals surface area contributed by atoms with Crippen LogP contribution >= 0.6 is 39.9 Å². The molecule has 1 amide bonds. The molecule has 2 aliphatic heterocycles. The molecule has 0 unspecified atom stereocenters. The van der Waals surface area contributed by atoms with E-state index in [0.29, 0.717) is 29.0 Å². The van der Waals surface area contributed by atoms with Gasteiger partial charge in [0.1, 0.15) is 11.4 Å². The standard InChI is InChI=1S/C20H19BrN2O3S2/c1-3-26-16-9-4-12(10-17(16)25-2)19-23-15(11-28-19)18(24)22(20(23)27)14-7-5-13(21)6-8-14/h4-10,15,19H,3,11H2,1-2H3/t15-,19-/m0/s1. The van der Waals surface area contributed by atoms with Crippen molar-refractivity contribution in [1.82, 2.24) is 4.90 Å². The summed E-state index contributed by atoms with van der Waals surface area (Å²) < 4.78 is 12.1. The lowest BCUT2D eigenvalue weighted by molar-refractivity contribution is -0.119. The highest BCUT2D eigenvalue weighted by Crippen LogP contribution is 2.47. The van der Waals surface area contributed by atoms with Crippen LogP contribution in [0.2, 0.25) is 0 Å². The van der Waals surface area contributed by atoms with Crippen LogP contribution in [-0.2, 0) is 4.79 Å². The maximum atomic E-state index is 13.0. The number of hydrogen-bond donors (Lipinski definition) is 0. The Bertz CT molecular complexity index is 922. The van der Waals surface area contributed by atoms with Crippen LogP contribution in [0.3, 0.4) is 0 Å². The molecule has 2 aromatic rings. The molecule has 0 spiro atoms. The number of carbonyl (C=O) groups excluding carboxylic acids is 1. The number of thioether (sulfide) groups is 1.